The average Bonchev–Trinajstić information content (AvgIpc) is 2.89. The SMILES string of the molecule is CCC(N)(CC)CNC(=O)C(CC(C)C)N=C1NS(=O)(=O)c2ccccc21.Cl. The van der Waals surface area contributed by atoms with Crippen molar-refractivity contribution < 1.29 is 13.2 Å². The van der Waals surface area contributed by atoms with E-state index in [1.807, 2.05) is 27.7 Å². The Balaban J connectivity index is 0.00000392. The smallest absolute Gasteiger partial charge is 0.263 e. The lowest BCUT2D eigenvalue weighted by molar-refractivity contribution is -0.122. The number of sulfonamides is 1. The van der Waals surface area contributed by atoms with Crippen LogP contribution < -0.4 is 15.8 Å². The maximum atomic E-state index is 12.8. The quantitative estimate of drug-likeness (QED) is 0.586. The van der Waals surface area contributed by atoms with Crippen molar-refractivity contribution in [2.75, 3.05) is 6.54 Å². The van der Waals surface area contributed by atoms with Crippen LogP contribution in [0.15, 0.2) is 34.2 Å². The van der Waals surface area contributed by atoms with Gasteiger partial charge in [-0.25, -0.2) is 8.42 Å². The van der Waals surface area contributed by atoms with E-state index in [4.69, 9.17) is 5.73 Å². The Labute approximate surface area is 174 Å². The summed E-state index contributed by atoms with van der Waals surface area (Å²) in [6.07, 6.45) is 2.01. The lowest BCUT2D eigenvalue weighted by Crippen LogP contribution is -2.51. The van der Waals surface area contributed by atoms with Gasteiger partial charge in [-0.2, -0.15) is 0 Å². The van der Waals surface area contributed by atoms with Crippen molar-refractivity contribution in [3.8, 4) is 0 Å². The van der Waals surface area contributed by atoms with Gasteiger partial charge in [0.2, 0.25) is 5.91 Å². The van der Waals surface area contributed by atoms with Crippen molar-refractivity contribution in [3.63, 3.8) is 0 Å². The first kappa shape index (κ1) is 24.4. The summed E-state index contributed by atoms with van der Waals surface area (Å²) in [4.78, 5) is 17.4. The van der Waals surface area contributed by atoms with E-state index in [9.17, 15) is 13.2 Å². The number of aliphatic imine (C=N–C) groups is 1. The summed E-state index contributed by atoms with van der Waals surface area (Å²) in [6.45, 7) is 8.34. The standard InChI is InChI=1S/C19H30N4O3S.ClH/c1-5-19(20,6-2)12-21-18(24)15(11-13(3)4)22-17-14-9-7-8-10-16(14)27(25,26)23-17;/h7-10,13,15H,5-6,11-12,20H2,1-4H3,(H,21,24)(H,22,23);1H. The predicted octanol–water partition coefficient (Wildman–Crippen LogP) is 2.20. The molecule has 0 spiro atoms. The van der Waals surface area contributed by atoms with Crippen molar-refractivity contribution in [3.05, 3.63) is 29.8 Å². The van der Waals surface area contributed by atoms with Gasteiger partial charge in [-0.1, -0.05) is 39.8 Å². The summed E-state index contributed by atoms with van der Waals surface area (Å²) >= 11 is 0. The van der Waals surface area contributed by atoms with E-state index in [0.29, 0.717) is 18.5 Å². The third-order valence-corrected chi connectivity index (χ3v) is 6.37. The van der Waals surface area contributed by atoms with Crippen molar-refractivity contribution >= 4 is 34.2 Å². The lowest BCUT2D eigenvalue weighted by Gasteiger charge is -2.27. The molecule has 0 radical (unpaired) electrons. The summed E-state index contributed by atoms with van der Waals surface area (Å²) in [5, 5.41) is 2.90. The molecule has 0 saturated heterocycles. The van der Waals surface area contributed by atoms with Gasteiger partial charge >= 0.3 is 0 Å². The Hall–Kier alpha value is -1.64. The van der Waals surface area contributed by atoms with E-state index in [-0.39, 0.29) is 35.0 Å². The maximum absolute atomic E-state index is 12.8. The van der Waals surface area contributed by atoms with Gasteiger partial charge in [-0.3, -0.25) is 14.5 Å². The Kier molecular flexibility index (Phi) is 8.46. The van der Waals surface area contributed by atoms with Crippen LogP contribution in [0.4, 0.5) is 0 Å². The Bertz CT molecular complexity index is 820. The molecule has 28 heavy (non-hydrogen) atoms. The number of fused-ring (bicyclic) bond motifs is 1. The monoisotopic (exact) mass is 430 g/mol. The summed E-state index contributed by atoms with van der Waals surface area (Å²) in [6, 6.07) is 5.94. The second-order valence-electron chi connectivity index (χ2n) is 7.51. The molecule has 1 aromatic carbocycles. The number of hydrogen-bond acceptors (Lipinski definition) is 5. The topological polar surface area (TPSA) is 114 Å². The summed E-state index contributed by atoms with van der Waals surface area (Å²) in [5.74, 6) is 0.200. The van der Waals surface area contributed by atoms with Crippen LogP contribution in [0.5, 0.6) is 0 Å². The fourth-order valence-corrected chi connectivity index (χ4v) is 4.17. The van der Waals surface area contributed by atoms with Crippen LogP contribution in [0.2, 0.25) is 0 Å². The second kappa shape index (κ2) is 9.71. The Morgan fingerprint density at radius 2 is 1.86 bits per heavy atom. The van der Waals surface area contributed by atoms with E-state index in [1.165, 1.54) is 6.07 Å². The highest BCUT2D eigenvalue weighted by Gasteiger charge is 2.32. The van der Waals surface area contributed by atoms with Gasteiger partial charge in [0.25, 0.3) is 10.0 Å². The molecule has 0 aliphatic carbocycles. The maximum Gasteiger partial charge on any atom is 0.263 e. The number of nitrogens with one attached hydrogen (secondary N) is 2. The van der Waals surface area contributed by atoms with E-state index in [2.05, 4.69) is 15.0 Å². The van der Waals surface area contributed by atoms with Gasteiger partial charge in [0, 0.05) is 17.6 Å². The minimum Gasteiger partial charge on any atom is -0.352 e. The summed E-state index contributed by atoms with van der Waals surface area (Å²) < 4.78 is 27.0. The van der Waals surface area contributed by atoms with E-state index in [1.54, 1.807) is 18.2 Å². The fraction of sp³-hybridized carbons (Fsp3) is 0.579. The Morgan fingerprint density at radius 1 is 1.25 bits per heavy atom. The minimum absolute atomic E-state index is 0. The fourth-order valence-electron chi connectivity index (χ4n) is 2.93. The molecule has 7 nitrogen and oxygen atoms in total. The number of hydrogen-bond donors (Lipinski definition) is 3. The number of halogens is 1. The van der Waals surface area contributed by atoms with Crippen LogP contribution in [0, 0.1) is 5.92 Å². The number of rotatable bonds is 8. The van der Waals surface area contributed by atoms with Gasteiger partial charge in [0.1, 0.15) is 11.9 Å². The molecule has 1 aliphatic rings. The van der Waals surface area contributed by atoms with E-state index in [0.717, 1.165) is 12.8 Å². The molecule has 158 valence electrons. The first-order chi connectivity index (χ1) is 12.6. The van der Waals surface area contributed by atoms with Gasteiger partial charge in [0.15, 0.2) is 0 Å². The molecule has 1 amide bonds. The van der Waals surface area contributed by atoms with Crippen molar-refractivity contribution in [1.82, 2.24) is 10.0 Å². The van der Waals surface area contributed by atoms with Crippen LogP contribution in [-0.4, -0.2) is 38.3 Å². The molecular formula is C19H31ClN4O3S. The molecule has 0 saturated carbocycles. The first-order valence-electron chi connectivity index (χ1n) is 9.38. The normalized spacial score (nSPS) is 17.6. The molecule has 1 aliphatic heterocycles. The van der Waals surface area contributed by atoms with Crippen LogP contribution in [0.1, 0.15) is 52.5 Å². The van der Waals surface area contributed by atoms with Crippen molar-refractivity contribution in [2.24, 2.45) is 16.6 Å². The van der Waals surface area contributed by atoms with E-state index < -0.39 is 21.6 Å². The minimum atomic E-state index is -3.63. The molecule has 1 heterocycles. The number of carbonyl (C=O) groups excluding carboxylic acids is 1. The molecule has 9 heteroatoms. The molecule has 1 atom stereocenters. The molecule has 0 bridgehead atoms. The highest BCUT2D eigenvalue weighted by molar-refractivity contribution is 7.90. The molecular weight excluding hydrogens is 400 g/mol. The van der Waals surface area contributed by atoms with E-state index >= 15 is 0 Å². The molecule has 2 rings (SSSR count). The zero-order valence-electron chi connectivity index (χ0n) is 16.9. The number of nitrogens with zero attached hydrogens (tertiary/aromatic N) is 1. The molecule has 0 aromatic heterocycles. The summed E-state index contributed by atoms with van der Waals surface area (Å²) in [7, 11) is -3.63. The van der Waals surface area contributed by atoms with Crippen LogP contribution >= 0.6 is 12.4 Å². The summed E-state index contributed by atoms with van der Waals surface area (Å²) in [5.41, 5.74) is 6.31. The van der Waals surface area contributed by atoms with Gasteiger partial charge in [0.05, 0.1) is 4.90 Å². The highest BCUT2D eigenvalue weighted by atomic mass is 35.5. The average molecular weight is 431 g/mol. The number of amides is 1. The third kappa shape index (κ3) is 5.68. The van der Waals surface area contributed by atoms with Crippen molar-refractivity contribution in [1.29, 1.82) is 0 Å². The first-order valence-corrected chi connectivity index (χ1v) is 10.9. The number of amidine groups is 1. The third-order valence-electron chi connectivity index (χ3n) is 4.97. The number of carbonyl (C=O) groups is 1. The molecule has 1 aromatic rings. The Morgan fingerprint density at radius 3 is 2.43 bits per heavy atom. The predicted molar refractivity (Wildman–Crippen MR) is 114 cm³/mol. The molecule has 1 unspecified atom stereocenters. The van der Waals surface area contributed by atoms with Crippen molar-refractivity contribution in [2.45, 2.75) is 63.4 Å². The van der Waals surface area contributed by atoms with Crippen LogP contribution in [0.3, 0.4) is 0 Å². The van der Waals surface area contributed by atoms with Crippen LogP contribution in [-0.2, 0) is 14.8 Å². The number of benzene rings is 1. The molecule has 4 N–H and O–H groups in total. The largest absolute Gasteiger partial charge is 0.352 e. The second-order valence-corrected chi connectivity index (χ2v) is 9.16. The lowest BCUT2D eigenvalue weighted by atomic mass is 9.94. The van der Waals surface area contributed by atoms with Gasteiger partial charge in [-0.05, 0) is 37.3 Å². The van der Waals surface area contributed by atoms with Gasteiger partial charge in [-0.15, -0.1) is 12.4 Å². The highest BCUT2D eigenvalue weighted by Crippen LogP contribution is 2.23. The molecule has 0 fully saturated rings. The van der Waals surface area contributed by atoms with Crippen LogP contribution in [0.25, 0.3) is 0 Å². The number of nitrogens with two attached hydrogens (primary N) is 1. The zero-order chi connectivity index (χ0) is 20.2. The van der Waals surface area contributed by atoms with Gasteiger partial charge < -0.3 is 11.1 Å². The zero-order valence-corrected chi connectivity index (χ0v) is 18.5.